The third kappa shape index (κ3) is 3.05. The Bertz CT molecular complexity index is 822. The number of benzene rings is 2. The van der Waals surface area contributed by atoms with Gasteiger partial charge in [0.05, 0.1) is 17.3 Å². The molecule has 0 spiro atoms. The number of nitrogens with zero attached hydrogens (tertiary/aromatic N) is 2. The highest BCUT2D eigenvalue weighted by Crippen LogP contribution is 2.32. The molecule has 1 aromatic heterocycles. The van der Waals surface area contributed by atoms with Crippen LogP contribution in [0.3, 0.4) is 0 Å². The van der Waals surface area contributed by atoms with Crippen LogP contribution in [0.2, 0.25) is 0 Å². The fourth-order valence-corrected chi connectivity index (χ4v) is 3.55. The Hall–Kier alpha value is -2.94. The van der Waals surface area contributed by atoms with Gasteiger partial charge in [0.1, 0.15) is 0 Å². The second-order valence-electron chi connectivity index (χ2n) is 6.32. The lowest BCUT2D eigenvalue weighted by molar-refractivity contribution is -0.119. The lowest BCUT2D eigenvalue weighted by Crippen LogP contribution is -2.39. The van der Waals surface area contributed by atoms with Crippen molar-refractivity contribution in [1.29, 1.82) is 0 Å². The minimum atomic E-state index is -0.298. The van der Waals surface area contributed by atoms with Crippen LogP contribution < -0.4 is 4.90 Å². The van der Waals surface area contributed by atoms with Crippen molar-refractivity contribution in [2.75, 3.05) is 11.4 Å². The molecule has 124 valence electrons. The SMILES string of the molecule is O=C(C(c1ccccc1)c1ccccc1)N1CCCc2ncccc21. The van der Waals surface area contributed by atoms with Gasteiger partial charge in [0.15, 0.2) is 0 Å². The zero-order valence-corrected chi connectivity index (χ0v) is 14.0. The molecule has 1 aliphatic heterocycles. The van der Waals surface area contributed by atoms with Crippen LogP contribution >= 0.6 is 0 Å². The van der Waals surface area contributed by atoms with Gasteiger partial charge in [-0.3, -0.25) is 9.78 Å². The number of rotatable bonds is 3. The highest BCUT2D eigenvalue weighted by atomic mass is 16.2. The molecule has 4 rings (SSSR count). The maximum Gasteiger partial charge on any atom is 0.239 e. The third-order valence-corrected chi connectivity index (χ3v) is 4.73. The van der Waals surface area contributed by atoms with Crippen molar-refractivity contribution in [1.82, 2.24) is 4.98 Å². The number of hydrogen-bond acceptors (Lipinski definition) is 2. The quantitative estimate of drug-likeness (QED) is 0.722. The Morgan fingerprint density at radius 3 is 2.16 bits per heavy atom. The van der Waals surface area contributed by atoms with Crippen LogP contribution in [0.15, 0.2) is 79.0 Å². The summed E-state index contributed by atoms with van der Waals surface area (Å²) in [6.07, 6.45) is 3.69. The summed E-state index contributed by atoms with van der Waals surface area (Å²) in [4.78, 5) is 19.9. The first-order valence-corrected chi connectivity index (χ1v) is 8.70. The summed E-state index contributed by atoms with van der Waals surface area (Å²) in [5, 5.41) is 0. The average molecular weight is 328 g/mol. The van der Waals surface area contributed by atoms with Gasteiger partial charge in [-0.15, -0.1) is 0 Å². The van der Waals surface area contributed by atoms with Crippen LogP contribution in [0.5, 0.6) is 0 Å². The minimum absolute atomic E-state index is 0.117. The van der Waals surface area contributed by atoms with E-state index in [1.54, 1.807) is 6.20 Å². The molecule has 1 amide bonds. The summed E-state index contributed by atoms with van der Waals surface area (Å²) < 4.78 is 0. The van der Waals surface area contributed by atoms with E-state index in [2.05, 4.69) is 4.98 Å². The Balaban J connectivity index is 1.77. The molecule has 0 N–H and O–H groups in total. The predicted molar refractivity (Wildman–Crippen MR) is 99.6 cm³/mol. The second kappa shape index (κ2) is 6.89. The van der Waals surface area contributed by atoms with Gasteiger partial charge in [-0.2, -0.15) is 0 Å². The highest BCUT2D eigenvalue weighted by Gasteiger charge is 2.31. The summed E-state index contributed by atoms with van der Waals surface area (Å²) in [5.41, 5.74) is 4.02. The first kappa shape index (κ1) is 15.6. The monoisotopic (exact) mass is 328 g/mol. The molecule has 0 fully saturated rings. The molecule has 0 saturated carbocycles. The van der Waals surface area contributed by atoms with Crippen molar-refractivity contribution in [2.24, 2.45) is 0 Å². The standard InChI is InChI=1S/C22H20N2O/c25-22(24-16-8-13-19-20(24)14-7-15-23-19)21(17-9-3-1-4-10-17)18-11-5-2-6-12-18/h1-7,9-12,14-15,21H,8,13,16H2. The Kier molecular flexibility index (Phi) is 4.30. The summed E-state index contributed by atoms with van der Waals surface area (Å²) in [6, 6.07) is 24.0. The number of carbonyl (C=O) groups is 1. The molecular weight excluding hydrogens is 308 g/mol. The molecule has 25 heavy (non-hydrogen) atoms. The average Bonchev–Trinajstić information content (AvgIpc) is 2.69. The van der Waals surface area contributed by atoms with Crippen molar-refractivity contribution in [3.8, 4) is 0 Å². The Morgan fingerprint density at radius 1 is 0.880 bits per heavy atom. The second-order valence-corrected chi connectivity index (χ2v) is 6.32. The van der Waals surface area contributed by atoms with Gasteiger partial charge in [0, 0.05) is 12.7 Å². The van der Waals surface area contributed by atoms with E-state index < -0.39 is 0 Å². The van der Waals surface area contributed by atoms with E-state index in [-0.39, 0.29) is 11.8 Å². The van der Waals surface area contributed by atoms with Gasteiger partial charge in [0.2, 0.25) is 5.91 Å². The zero-order chi connectivity index (χ0) is 17.1. The van der Waals surface area contributed by atoms with E-state index in [1.165, 1.54) is 0 Å². The van der Waals surface area contributed by atoms with E-state index in [0.717, 1.165) is 41.9 Å². The van der Waals surface area contributed by atoms with Gasteiger partial charge < -0.3 is 4.90 Å². The summed E-state index contributed by atoms with van der Waals surface area (Å²) in [6.45, 7) is 0.744. The number of aryl methyl sites for hydroxylation is 1. The largest absolute Gasteiger partial charge is 0.310 e. The molecule has 0 radical (unpaired) electrons. The van der Waals surface area contributed by atoms with E-state index in [9.17, 15) is 4.79 Å². The van der Waals surface area contributed by atoms with Crippen LogP contribution in [0, 0.1) is 0 Å². The van der Waals surface area contributed by atoms with Gasteiger partial charge in [-0.1, -0.05) is 60.7 Å². The van der Waals surface area contributed by atoms with Crippen molar-refractivity contribution < 1.29 is 4.79 Å². The van der Waals surface area contributed by atoms with Gasteiger partial charge in [-0.25, -0.2) is 0 Å². The molecule has 3 nitrogen and oxygen atoms in total. The van der Waals surface area contributed by atoms with Crippen molar-refractivity contribution in [2.45, 2.75) is 18.8 Å². The lowest BCUT2D eigenvalue weighted by atomic mass is 9.89. The molecule has 0 atom stereocenters. The number of fused-ring (bicyclic) bond motifs is 1. The number of carbonyl (C=O) groups excluding carboxylic acids is 1. The van der Waals surface area contributed by atoms with Gasteiger partial charge in [-0.05, 0) is 36.1 Å². The predicted octanol–water partition coefficient (Wildman–Crippen LogP) is 4.19. The molecule has 0 bridgehead atoms. The summed E-state index contributed by atoms with van der Waals surface area (Å²) >= 11 is 0. The fraction of sp³-hybridized carbons (Fsp3) is 0.182. The molecule has 0 unspecified atom stereocenters. The first-order valence-electron chi connectivity index (χ1n) is 8.70. The maximum atomic E-state index is 13.6. The molecule has 0 saturated heterocycles. The summed E-state index contributed by atoms with van der Waals surface area (Å²) in [7, 11) is 0. The first-order chi connectivity index (χ1) is 12.3. The minimum Gasteiger partial charge on any atom is -0.310 e. The fourth-order valence-electron chi connectivity index (χ4n) is 3.55. The van der Waals surface area contributed by atoms with Crippen LogP contribution in [0.25, 0.3) is 0 Å². The molecular formula is C22H20N2O. The van der Waals surface area contributed by atoms with Gasteiger partial charge >= 0.3 is 0 Å². The number of hydrogen-bond donors (Lipinski definition) is 0. The smallest absolute Gasteiger partial charge is 0.239 e. The third-order valence-electron chi connectivity index (χ3n) is 4.73. The number of amides is 1. The van der Waals surface area contributed by atoms with Crippen LogP contribution in [-0.4, -0.2) is 17.4 Å². The van der Waals surface area contributed by atoms with E-state index in [0.29, 0.717) is 0 Å². The lowest BCUT2D eigenvalue weighted by Gasteiger charge is -2.32. The Labute approximate surface area is 148 Å². The van der Waals surface area contributed by atoms with Crippen LogP contribution in [-0.2, 0) is 11.2 Å². The van der Waals surface area contributed by atoms with Crippen molar-refractivity contribution in [3.05, 3.63) is 95.8 Å². The summed E-state index contributed by atoms with van der Waals surface area (Å²) in [5.74, 6) is -0.181. The highest BCUT2D eigenvalue weighted by molar-refractivity contribution is 6.00. The van der Waals surface area contributed by atoms with E-state index >= 15 is 0 Å². The molecule has 0 aliphatic carbocycles. The normalized spacial score (nSPS) is 13.6. The Morgan fingerprint density at radius 2 is 1.52 bits per heavy atom. The van der Waals surface area contributed by atoms with E-state index in [4.69, 9.17) is 0 Å². The van der Waals surface area contributed by atoms with E-state index in [1.807, 2.05) is 77.7 Å². The molecule has 2 aromatic carbocycles. The molecule has 3 aromatic rings. The number of anilines is 1. The molecule has 3 heteroatoms. The van der Waals surface area contributed by atoms with Gasteiger partial charge in [0.25, 0.3) is 0 Å². The maximum absolute atomic E-state index is 13.6. The topological polar surface area (TPSA) is 33.2 Å². The van der Waals surface area contributed by atoms with Crippen LogP contribution in [0.1, 0.15) is 29.2 Å². The zero-order valence-electron chi connectivity index (χ0n) is 14.0. The number of aromatic nitrogens is 1. The number of pyridine rings is 1. The molecule has 2 heterocycles. The van der Waals surface area contributed by atoms with Crippen molar-refractivity contribution >= 4 is 11.6 Å². The van der Waals surface area contributed by atoms with Crippen molar-refractivity contribution in [3.63, 3.8) is 0 Å². The van der Waals surface area contributed by atoms with Crippen LogP contribution in [0.4, 0.5) is 5.69 Å². The molecule has 1 aliphatic rings.